The third-order valence-corrected chi connectivity index (χ3v) is 20.1. The first-order valence-corrected chi connectivity index (χ1v) is 25.1. The smallest absolute Gasteiger partial charge is 0.383 e. The molecule has 8 rings (SSSR count). The van der Waals surface area contributed by atoms with E-state index in [0.717, 1.165) is 42.3 Å². The maximum atomic E-state index is 5.57. The third kappa shape index (κ3) is 12.0. The fourth-order valence-electron chi connectivity index (χ4n) is 11.6. The van der Waals surface area contributed by atoms with E-state index in [1.807, 2.05) is 14.2 Å². The van der Waals surface area contributed by atoms with E-state index in [1.54, 1.807) is 21.2 Å². The van der Waals surface area contributed by atoms with E-state index in [-0.39, 0.29) is 47.8 Å². The Kier molecular flexibility index (Phi) is 21.5. The standard InChI is InChI=1S/C26H36NOP.C25H34NOP.2CH3.Fe/c1-20-16-17-25(26(20)21(2)27-18-10-11-22(27)19-28-3)29(23-12-6-4-7-13-23)24-14-8-5-9-15-24;1-20(26-18-10-11-21(26)19-27-2)24-16-9-17-25(24)28(22-12-5-3-6-13-22)23-14-7-4-8-15-23;;;/h4-9,12-15,20-22,25-26H,10-11,16-19H2,1-3H3;3-8,12-15,20-21,24-25H,9-11,16-19H2,1-2H3;2*1H3;/q;;2*-1;+2/t20?,21-,22-,25?,26?;20-,21-,24?,25?;;;/m00.../s1. The van der Waals surface area contributed by atoms with Crippen LogP contribution in [0.5, 0.6) is 0 Å². The molecule has 4 aliphatic rings. The summed E-state index contributed by atoms with van der Waals surface area (Å²) in [5, 5.41) is 6.17. The van der Waals surface area contributed by atoms with Gasteiger partial charge in [0.05, 0.1) is 13.2 Å². The van der Waals surface area contributed by atoms with Crippen molar-refractivity contribution >= 4 is 37.1 Å². The van der Waals surface area contributed by atoms with E-state index in [2.05, 4.69) is 152 Å². The first-order chi connectivity index (χ1) is 28.0. The van der Waals surface area contributed by atoms with Gasteiger partial charge in [-0.2, -0.15) is 0 Å². The molecule has 2 aliphatic heterocycles. The van der Waals surface area contributed by atoms with Crippen LogP contribution in [0.15, 0.2) is 121 Å². The van der Waals surface area contributed by atoms with Crippen LogP contribution >= 0.6 is 15.8 Å². The van der Waals surface area contributed by atoms with Gasteiger partial charge in [0.15, 0.2) is 0 Å². The SMILES string of the molecule is COC[C@@H]1CCCN1[C@@H](C)C1C(C)CCC1P(c1ccccc1)c1ccccc1.COC[C@@H]1CCCN1[C@@H](C)C1CCCC1P(c1ccccc1)c1ccccc1.[CH3-].[CH3-].[Fe+2]. The summed E-state index contributed by atoms with van der Waals surface area (Å²) < 4.78 is 11.1. The fraction of sp³-hybridized carbons (Fsp3) is 0.509. The number of methoxy groups -OCH3 is 2. The summed E-state index contributed by atoms with van der Waals surface area (Å²) in [6.07, 6.45) is 12.1. The zero-order valence-electron chi connectivity index (χ0n) is 37.9. The molecular weight excluding hydrogens is 814 g/mol. The molecule has 4 aromatic rings. The largest absolute Gasteiger partial charge is 2.00 e. The molecule has 7 heteroatoms. The topological polar surface area (TPSA) is 24.9 Å². The molecule has 2 saturated carbocycles. The van der Waals surface area contributed by atoms with E-state index in [4.69, 9.17) is 9.47 Å². The predicted molar refractivity (Wildman–Crippen MR) is 260 cm³/mol. The number of rotatable bonds is 14. The molecule has 0 amide bonds. The molecule has 4 aromatic carbocycles. The summed E-state index contributed by atoms with van der Waals surface area (Å²) in [4.78, 5) is 5.56. The van der Waals surface area contributed by atoms with Gasteiger partial charge in [-0.25, -0.2) is 0 Å². The minimum Gasteiger partial charge on any atom is -0.383 e. The number of benzene rings is 4. The van der Waals surface area contributed by atoms with E-state index in [1.165, 1.54) is 70.9 Å². The second kappa shape index (κ2) is 25.4. The summed E-state index contributed by atoms with van der Waals surface area (Å²) in [5.74, 6) is 2.32. The Morgan fingerprint density at radius 3 is 1.33 bits per heavy atom. The van der Waals surface area contributed by atoms with Crippen molar-refractivity contribution in [2.24, 2.45) is 17.8 Å². The van der Waals surface area contributed by atoms with Crippen molar-refractivity contribution in [3.63, 3.8) is 0 Å². The minimum absolute atomic E-state index is 0. The molecule has 9 atom stereocenters. The van der Waals surface area contributed by atoms with Gasteiger partial charge >= 0.3 is 17.1 Å². The summed E-state index contributed by atoms with van der Waals surface area (Å²) in [6.45, 7) is 11.8. The molecule has 0 spiro atoms. The normalized spacial score (nSPS) is 26.4. The van der Waals surface area contributed by atoms with Crippen molar-refractivity contribution in [2.75, 3.05) is 40.5 Å². The molecule has 328 valence electrons. The Labute approximate surface area is 380 Å². The van der Waals surface area contributed by atoms with Crippen molar-refractivity contribution < 1.29 is 26.5 Å². The molecule has 0 bridgehead atoms. The molecule has 2 heterocycles. The van der Waals surface area contributed by atoms with Crippen LogP contribution in [-0.4, -0.2) is 85.8 Å². The summed E-state index contributed by atoms with van der Waals surface area (Å²) in [7, 11) is 3.04. The van der Waals surface area contributed by atoms with Crippen LogP contribution in [0.3, 0.4) is 0 Å². The molecule has 0 radical (unpaired) electrons. The third-order valence-electron chi connectivity index (χ3n) is 14.1. The van der Waals surface area contributed by atoms with Crippen LogP contribution in [0.25, 0.3) is 0 Å². The molecule has 5 unspecified atom stereocenters. The molecule has 2 aliphatic carbocycles. The molecule has 0 N–H and O–H groups in total. The molecular formula is C53H76FeN2O2P2. The first kappa shape index (κ1) is 50.7. The summed E-state index contributed by atoms with van der Waals surface area (Å²) in [5.41, 5.74) is 1.53. The van der Waals surface area contributed by atoms with Gasteiger partial charge in [-0.1, -0.05) is 135 Å². The monoisotopic (exact) mass is 890 g/mol. The Bertz CT molecular complexity index is 1660. The fourth-order valence-corrected chi connectivity index (χ4v) is 18.2. The molecule has 4 nitrogen and oxygen atoms in total. The Hall–Kier alpha value is -1.90. The van der Waals surface area contributed by atoms with Crippen molar-refractivity contribution in [1.29, 1.82) is 0 Å². The van der Waals surface area contributed by atoms with Gasteiger partial charge in [0, 0.05) is 38.4 Å². The molecule has 2 saturated heterocycles. The predicted octanol–water partition coefficient (Wildman–Crippen LogP) is 10.7. The molecule has 60 heavy (non-hydrogen) atoms. The number of nitrogens with zero attached hydrogens (tertiary/aromatic N) is 2. The van der Waals surface area contributed by atoms with Crippen LogP contribution in [-0.2, 0) is 26.5 Å². The van der Waals surface area contributed by atoms with Crippen molar-refractivity contribution in [3.8, 4) is 0 Å². The van der Waals surface area contributed by atoms with Gasteiger partial charge in [-0.3, -0.25) is 9.80 Å². The summed E-state index contributed by atoms with van der Waals surface area (Å²) >= 11 is 0. The molecule has 4 fully saturated rings. The Morgan fingerprint density at radius 2 is 0.917 bits per heavy atom. The van der Waals surface area contributed by atoms with Crippen LogP contribution in [0.4, 0.5) is 0 Å². The van der Waals surface area contributed by atoms with E-state index < -0.39 is 0 Å². The maximum Gasteiger partial charge on any atom is 2.00 e. The quantitative estimate of drug-likeness (QED) is 0.0716. The minimum atomic E-state index is -0.345. The number of hydrogen-bond donors (Lipinski definition) is 0. The number of likely N-dealkylation sites (tertiary alicyclic amines) is 2. The summed E-state index contributed by atoms with van der Waals surface area (Å²) in [6, 6.07) is 47.8. The Morgan fingerprint density at radius 1 is 0.517 bits per heavy atom. The van der Waals surface area contributed by atoms with Gasteiger partial charge < -0.3 is 24.3 Å². The second-order valence-corrected chi connectivity index (χ2v) is 22.3. The zero-order valence-corrected chi connectivity index (χ0v) is 40.8. The van der Waals surface area contributed by atoms with Gasteiger partial charge in [-0.15, -0.1) is 0 Å². The van der Waals surface area contributed by atoms with Crippen molar-refractivity contribution in [2.45, 2.75) is 114 Å². The number of hydrogen-bond acceptors (Lipinski definition) is 4. The van der Waals surface area contributed by atoms with Gasteiger partial charge in [0.2, 0.25) is 0 Å². The van der Waals surface area contributed by atoms with Crippen LogP contribution in [0.1, 0.15) is 78.6 Å². The van der Waals surface area contributed by atoms with Crippen molar-refractivity contribution in [1.82, 2.24) is 9.80 Å². The number of ether oxygens (including phenoxy) is 2. The Balaban J connectivity index is 0.000000252. The molecule has 0 aromatic heterocycles. The van der Waals surface area contributed by atoms with Gasteiger partial charge in [0.25, 0.3) is 0 Å². The maximum absolute atomic E-state index is 5.57. The van der Waals surface area contributed by atoms with Crippen LogP contribution in [0, 0.1) is 32.6 Å². The average molecular weight is 891 g/mol. The van der Waals surface area contributed by atoms with Gasteiger partial charge in [0.1, 0.15) is 0 Å². The first-order valence-electron chi connectivity index (χ1n) is 22.3. The van der Waals surface area contributed by atoms with Crippen molar-refractivity contribution in [3.05, 3.63) is 136 Å². The zero-order chi connectivity index (χ0) is 39.6. The van der Waals surface area contributed by atoms with E-state index in [9.17, 15) is 0 Å². The van der Waals surface area contributed by atoms with Gasteiger partial charge in [-0.05, 0) is 144 Å². The van der Waals surface area contributed by atoms with Crippen LogP contribution in [0.2, 0.25) is 0 Å². The van der Waals surface area contributed by atoms with E-state index >= 15 is 0 Å². The van der Waals surface area contributed by atoms with Crippen LogP contribution < -0.4 is 21.2 Å². The average Bonchev–Trinajstić information content (AvgIpc) is 4.09. The second-order valence-electron chi connectivity index (χ2n) is 17.4. The van der Waals surface area contributed by atoms with E-state index in [0.29, 0.717) is 24.2 Å².